The van der Waals surface area contributed by atoms with E-state index in [-0.39, 0.29) is 0 Å². The number of nitrogens with zero attached hydrogens (tertiary/aromatic N) is 1. The third kappa shape index (κ3) is 1.55. The van der Waals surface area contributed by atoms with Crippen molar-refractivity contribution in [3.05, 3.63) is 35.5 Å². The predicted octanol–water partition coefficient (Wildman–Crippen LogP) is 2.70. The molecule has 3 heteroatoms. The zero-order chi connectivity index (χ0) is 9.26. The molecule has 0 aliphatic heterocycles. The molecule has 0 radical (unpaired) electrons. The summed E-state index contributed by atoms with van der Waals surface area (Å²) < 4.78 is 0. The molecule has 0 spiro atoms. The van der Waals surface area contributed by atoms with Gasteiger partial charge in [0.25, 0.3) is 0 Å². The Morgan fingerprint density at radius 1 is 1.38 bits per heavy atom. The summed E-state index contributed by atoms with van der Waals surface area (Å²) in [5.41, 5.74) is 10.8. The van der Waals surface area contributed by atoms with Crippen molar-refractivity contribution in [2.24, 2.45) is 0 Å². The summed E-state index contributed by atoms with van der Waals surface area (Å²) in [5, 5.41) is 0. The minimum absolute atomic E-state index is 0.823. The Balaban J connectivity index is 2.53. The van der Waals surface area contributed by atoms with Crippen LogP contribution in [-0.4, -0.2) is 4.98 Å². The number of nitrogens with two attached hydrogens (primary N) is 1. The van der Waals surface area contributed by atoms with Gasteiger partial charge in [-0.25, -0.2) is 0 Å². The van der Waals surface area contributed by atoms with Gasteiger partial charge in [0.1, 0.15) is 0 Å². The second-order valence-corrected chi connectivity index (χ2v) is 3.84. The topological polar surface area (TPSA) is 38.9 Å². The van der Waals surface area contributed by atoms with Gasteiger partial charge in [-0.1, -0.05) is 12.1 Å². The summed E-state index contributed by atoms with van der Waals surface area (Å²) >= 11 is 1.60. The molecule has 0 saturated carbocycles. The van der Waals surface area contributed by atoms with E-state index in [1.165, 1.54) is 5.56 Å². The standard InChI is InChI=1S/C10H10N2S/c1-7-2-3-8(9(11)4-7)10-5-12-6-13-10/h2-6H,11H2,1H3. The van der Waals surface area contributed by atoms with E-state index in [0.29, 0.717) is 0 Å². The van der Waals surface area contributed by atoms with E-state index in [4.69, 9.17) is 5.73 Å². The fraction of sp³-hybridized carbons (Fsp3) is 0.100. The van der Waals surface area contributed by atoms with Gasteiger partial charge in [0, 0.05) is 17.4 Å². The van der Waals surface area contributed by atoms with Crippen LogP contribution >= 0.6 is 11.3 Å². The highest BCUT2D eigenvalue weighted by atomic mass is 32.1. The molecule has 2 nitrogen and oxygen atoms in total. The van der Waals surface area contributed by atoms with Crippen molar-refractivity contribution in [1.82, 2.24) is 4.98 Å². The van der Waals surface area contributed by atoms with Gasteiger partial charge in [0.15, 0.2) is 0 Å². The average Bonchev–Trinajstić information content (AvgIpc) is 2.56. The van der Waals surface area contributed by atoms with E-state index in [0.717, 1.165) is 16.1 Å². The Bertz CT molecular complexity index is 407. The summed E-state index contributed by atoms with van der Waals surface area (Å²) in [5.74, 6) is 0. The van der Waals surface area contributed by atoms with Crippen molar-refractivity contribution in [2.75, 3.05) is 5.73 Å². The van der Waals surface area contributed by atoms with Crippen LogP contribution in [0.25, 0.3) is 10.4 Å². The molecule has 2 aromatic rings. The monoisotopic (exact) mass is 190 g/mol. The van der Waals surface area contributed by atoms with Gasteiger partial charge in [-0.05, 0) is 18.6 Å². The largest absolute Gasteiger partial charge is 0.398 e. The van der Waals surface area contributed by atoms with Crippen LogP contribution in [0.3, 0.4) is 0 Å². The summed E-state index contributed by atoms with van der Waals surface area (Å²) in [6, 6.07) is 6.08. The maximum absolute atomic E-state index is 5.89. The fourth-order valence-electron chi connectivity index (χ4n) is 1.26. The molecular formula is C10H10N2S. The molecule has 0 amide bonds. The normalized spacial score (nSPS) is 10.2. The third-order valence-electron chi connectivity index (χ3n) is 1.90. The van der Waals surface area contributed by atoms with Crippen molar-refractivity contribution < 1.29 is 0 Å². The molecule has 0 aliphatic carbocycles. The maximum atomic E-state index is 5.89. The summed E-state index contributed by atoms with van der Waals surface area (Å²) in [6.45, 7) is 2.03. The molecular weight excluding hydrogens is 180 g/mol. The number of rotatable bonds is 1. The molecule has 66 valence electrons. The molecule has 0 fully saturated rings. The molecule has 13 heavy (non-hydrogen) atoms. The lowest BCUT2D eigenvalue weighted by atomic mass is 10.1. The van der Waals surface area contributed by atoms with Gasteiger partial charge in [-0.15, -0.1) is 11.3 Å². The van der Waals surface area contributed by atoms with E-state index in [1.807, 2.05) is 30.8 Å². The zero-order valence-electron chi connectivity index (χ0n) is 7.32. The number of anilines is 1. The number of aromatic nitrogens is 1. The van der Waals surface area contributed by atoms with Gasteiger partial charge in [-0.2, -0.15) is 0 Å². The highest BCUT2D eigenvalue weighted by Gasteiger charge is 2.03. The molecule has 0 aliphatic rings. The van der Waals surface area contributed by atoms with Gasteiger partial charge in [0.05, 0.1) is 10.4 Å². The van der Waals surface area contributed by atoms with Gasteiger partial charge < -0.3 is 5.73 Å². The van der Waals surface area contributed by atoms with Crippen LogP contribution in [-0.2, 0) is 0 Å². The van der Waals surface area contributed by atoms with Crippen molar-refractivity contribution in [3.63, 3.8) is 0 Å². The lowest BCUT2D eigenvalue weighted by Gasteiger charge is -2.02. The van der Waals surface area contributed by atoms with E-state index in [1.54, 1.807) is 11.3 Å². The first-order valence-electron chi connectivity index (χ1n) is 4.02. The maximum Gasteiger partial charge on any atom is 0.0797 e. The predicted molar refractivity (Wildman–Crippen MR) is 56.7 cm³/mol. The van der Waals surface area contributed by atoms with Crippen LogP contribution in [0.1, 0.15) is 5.56 Å². The zero-order valence-corrected chi connectivity index (χ0v) is 8.14. The van der Waals surface area contributed by atoms with Crippen molar-refractivity contribution in [3.8, 4) is 10.4 Å². The van der Waals surface area contributed by atoms with Crippen LogP contribution in [0.15, 0.2) is 29.9 Å². The average molecular weight is 190 g/mol. The molecule has 1 aromatic carbocycles. The number of hydrogen-bond donors (Lipinski definition) is 1. The summed E-state index contributed by atoms with van der Waals surface area (Å²) in [4.78, 5) is 5.15. The van der Waals surface area contributed by atoms with Crippen molar-refractivity contribution >= 4 is 17.0 Å². The van der Waals surface area contributed by atoms with Crippen LogP contribution in [0.2, 0.25) is 0 Å². The molecule has 1 heterocycles. The Kier molecular flexibility index (Phi) is 2.02. The second-order valence-electron chi connectivity index (χ2n) is 2.96. The van der Waals surface area contributed by atoms with Crippen molar-refractivity contribution in [2.45, 2.75) is 6.92 Å². The number of benzene rings is 1. The van der Waals surface area contributed by atoms with Crippen molar-refractivity contribution in [1.29, 1.82) is 0 Å². The second kappa shape index (κ2) is 3.18. The Morgan fingerprint density at radius 3 is 2.85 bits per heavy atom. The summed E-state index contributed by atoms with van der Waals surface area (Å²) in [7, 11) is 0. The smallest absolute Gasteiger partial charge is 0.0797 e. The molecule has 0 atom stereocenters. The first-order chi connectivity index (χ1) is 6.27. The number of hydrogen-bond acceptors (Lipinski definition) is 3. The van der Waals surface area contributed by atoms with E-state index < -0.39 is 0 Å². The Labute approximate surface area is 81.1 Å². The Morgan fingerprint density at radius 2 is 2.23 bits per heavy atom. The van der Waals surface area contributed by atoms with Crippen LogP contribution in [0, 0.1) is 6.92 Å². The molecule has 2 N–H and O–H groups in total. The molecule has 2 rings (SSSR count). The first-order valence-corrected chi connectivity index (χ1v) is 4.90. The molecule has 0 unspecified atom stereocenters. The first kappa shape index (κ1) is 8.26. The number of aryl methyl sites for hydroxylation is 1. The fourth-order valence-corrected chi connectivity index (χ4v) is 1.93. The lowest BCUT2D eigenvalue weighted by Crippen LogP contribution is -1.89. The van der Waals surface area contributed by atoms with Crippen LogP contribution < -0.4 is 5.73 Å². The van der Waals surface area contributed by atoms with Crippen LogP contribution in [0.4, 0.5) is 5.69 Å². The van der Waals surface area contributed by atoms with E-state index in [2.05, 4.69) is 11.1 Å². The van der Waals surface area contributed by atoms with E-state index >= 15 is 0 Å². The quantitative estimate of drug-likeness (QED) is 0.702. The SMILES string of the molecule is Cc1ccc(-c2cncs2)c(N)c1. The van der Waals surface area contributed by atoms with Gasteiger partial charge in [-0.3, -0.25) is 4.98 Å². The van der Waals surface area contributed by atoms with Gasteiger partial charge >= 0.3 is 0 Å². The Hall–Kier alpha value is -1.35. The number of nitrogen functional groups attached to an aromatic ring is 1. The molecule has 0 bridgehead atoms. The number of thiazole rings is 1. The highest BCUT2D eigenvalue weighted by Crippen LogP contribution is 2.29. The lowest BCUT2D eigenvalue weighted by molar-refractivity contribution is 1.42. The highest BCUT2D eigenvalue weighted by molar-refractivity contribution is 7.13. The minimum Gasteiger partial charge on any atom is -0.398 e. The third-order valence-corrected chi connectivity index (χ3v) is 2.71. The van der Waals surface area contributed by atoms with Crippen LogP contribution in [0.5, 0.6) is 0 Å². The molecule has 1 aromatic heterocycles. The molecule has 0 saturated heterocycles. The van der Waals surface area contributed by atoms with E-state index in [9.17, 15) is 0 Å². The summed E-state index contributed by atoms with van der Waals surface area (Å²) in [6.07, 6.45) is 1.84. The minimum atomic E-state index is 0.823. The van der Waals surface area contributed by atoms with Gasteiger partial charge in [0.2, 0.25) is 0 Å².